The van der Waals surface area contributed by atoms with Gasteiger partial charge in [0.2, 0.25) is 5.91 Å². The Hall–Kier alpha value is -1.40. The molecule has 1 atom stereocenters. The minimum absolute atomic E-state index is 0.0778. The van der Waals surface area contributed by atoms with Gasteiger partial charge in [0.05, 0.1) is 18.3 Å². The van der Waals surface area contributed by atoms with Gasteiger partial charge < -0.3 is 14.8 Å². The van der Waals surface area contributed by atoms with E-state index in [0.29, 0.717) is 23.6 Å². The van der Waals surface area contributed by atoms with Crippen LogP contribution in [0.2, 0.25) is 0 Å². The molecule has 1 aliphatic heterocycles. The maximum atomic E-state index is 12.2. The Morgan fingerprint density at radius 2 is 2.13 bits per heavy atom. The molecule has 1 aromatic heterocycles. The average Bonchev–Trinajstić information content (AvgIpc) is 2.81. The summed E-state index contributed by atoms with van der Waals surface area (Å²) in [4.78, 5) is 25.3. The third-order valence-corrected chi connectivity index (χ3v) is 5.21. The second kappa shape index (κ2) is 8.45. The van der Waals surface area contributed by atoms with Crippen molar-refractivity contribution in [2.75, 3.05) is 18.5 Å². The second-order valence-corrected chi connectivity index (χ2v) is 7.01. The van der Waals surface area contributed by atoms with E-state index in [1.807, 2.05) is 13.8 Å². The number of rotatable bonds is 6. The number of carbonyl (C=O) groups is 2. The molecule has 1 amide bonds. The van der Waals surface area contributed by atoms with E-state index < -0.39 is 0 Å². The summed E-state index contributed by atoms with van der Waals surface area (Å²) < 4.78 is 10.7. The Bertz CT molecular complexity index is 561. The number of thiophene rings is 1. The van der Waals surface area contributed by atoms with E-state index >= 15 is 0 Å². The molecule has 23 heavy (non-hydrogen) atoms. The van der Waals surface area contributed by atoms with E-state index in [0.717, 1.165) is 36.3 Å². The second-order valence-electron chi connectivity index (χ2n) is 5.78. The predicted molar refractivity (Wildman–Crippen MR) is 91.2 cm³/mol. The number of anilines is 1. The Kier molecular flexibility index (Phi) is 6.59. The zero-order valence-corrected chi connectivity index (χ0v) is 14.9. The Balaban J connectivity index is 1.97. The van der Waals surface area contributed by atoms with Crippen molar-refractivity contribution in [3.8, 4) is 0 Å². The summed E-state index contributed by atoms with van der Waals surface area (Å²) in [6, 6.07) is 0. The number of esters is 1. The van der Waals surface area contributed by atoms with Crippen molar-refractivity contribution in [2.24, 2.45) is 0 Å². The monoisotopic (exact) mass is 339 g/mol. The molecule has 1 saturated heterocycles. The van der Waals surface area contributed by atoms with Crippen molar-refractivity contribution in [1.82, 2.24) is 0 Å². The molecule has 1 N–H and O–H groups in total. The Morgan fingerprint density at radius 1 is 1.35 bits per heavy atom. The number of carbonyl (C=O) groups excluding carboxylic acids is 2. The lowest BCUT2D eigenvalue weighted by molar-refractivity contribution is -0.117. The first-order chi connectivity index (χ1) is 11.0. The molecule has 128 valence electrons. The van der Waals surface area contributed by atoms with Gasteiger partial charge in [-0.05, 0) is 52.0 Å². The van der Waals surface area contributed by atoms with Crippen molar-refractivity contribution in [1.29, 1.82) is 0 Å². The number of amides is 1. The molecule has 6 heteroatoms. The van der Waals surface area contributed by atoms with Crippen LogP contribution < -0.4 is 5.32 Å². The third-order valence-electron chi connectivity index (χ3n) is 4.09. The largest absolute Gasteiger partial charge is 0.462 e. The molecule has 0 spiro atoms. The van der Waals surface area contributed by atoms with Crippen LogP contribution in [0.4, 0.5) is 5.00 Å². The quantitative estimate of drug-likeness (QED) is 0.800. The summed E-state index contributed by atoms with van der Waals surface area (Å²) in [5.74, 6) is -0.453. The standard InChI is InChI=1S/C17H25NO4S/c1-4-21-17(20)15-11(2)12(3)23-16(15)18-14(19)9-8-13-7-5-6-10-22-13/h13H,4-10H2,1-3H3,(H,18,19). The minimum atomic E-state index is -0.375. The van der Waals surface area contributed by atoms with Crippen LogP contribution in [0.25, 0.3) is 0 Å². The van der Waals surface area contributed by atoms with Gasteiger partial charge in [0.1, 0.15) is 5.00 Å². The maximum absolute atomic E-state index is 12.2. The Morgan fingerprint density at radius 3 is 2.78 bits per heavy atom. The number of hydrogen-bond donors (Lipinski definition) is 1. The van der Waals surface area contributed by atoms with Gasteiger partial charge in [-0.3, -0.25) is 4.79 Å². The van der Waals surface area contributed by atoms with E-state index in [1.165, 1.54) is 17.8 Å². The molecule has 1 fully saturated rings. The van der Waals surface area contributed by atoms with Crippen molar-refractivity contribution >= 4 is 28.2 Å². The normalized spacial score (nSPS) is 17.8. The molecule has 5 nitrogen and oxygen atoms in total. The summed E-state index contributed by atoms with van der Waals surface area (Å²) in [7, 11) is 0. The number of aryl methyl sites for hydroxylation is 1. The topological polar surface area (TPSA) is 64.6 Å². The van der Waals surface area contributed by atoms with Gasteiger partial charge in [-0.2, -0.15) is 0 Å². The van der Waals surface area contributed by atoms with E-state index in [1.54, 1.807) is 6.92 Å². The molecule has 0 radical (unpaired) electrons. The fourth-order valence-corrected chi connectivity index (χ4v) is 3.75. The van der Waals surface area contributed by atoms with Gasteiger partial charge in [-0.15, -0.1) is 11.3 Å². The highest BCUT2D eigenvalue weighted by Crippen LogP contribution is 2.33. The molecular weight excluding hydrogens is 314 g/mol. The van der Waals surface area contributed by atoms with E-state index in [4.69, 9.17) is 9.47 Å². The molecule has 2 rings (SSSR count). The maximum Gasteiger partial charge on any atom is 0.341 e. The first-order valence-corrected chi connectivity index (χ1v) is 9.03. The lowest BCUT2D eigenvalue weighted by atomic mass is 10.0. The summed E-state index contributed by atoms with van der Waals surface area (Å²) in [5, 5.41) is 3.47. The van der Waals surface area contributed by atoms with E-state index in [9.17, 15) is 9.59 Å². The number of hydrogen-bond acceptors (Lipinski definition) is 5. The highest BCUT2D eigenvalue weighted by atomic mass is 32.1. The van der Waals surface area contributed by atoms with E-state index in [-0.39, 0.29) is 18.0 Å². The molecule has 0 saturated carbocycles. The van der Waals surface area contributed by atoms with Crippen LogP contribution in [0, 0.1) is 13.8 Å². The zero-order valence-electron chi connectivity index (χ0n) is 14.1. The molecule has 0 aliphatic carbocycles. The van der Waals surface area contributed by atoms with Gasteiger partial charge in [0, 0.05) is 17.9 Å². The fourth-order valence-electron chi connectivity index (χ4n) is 2.68. The molecule has 1 aromatic rings. The molecule has 0 bridgehead atoms. The lowest BCUT2D eigenvalue weighted by Crippen LogP contribution is -2.22. The molecule has 1 unspecified atom stereocenters. The molecular formula is C17H25NO4S. The highest BCUT2D eigenvalue weighted by molar-refractivity contribution is 7.16. The van der Waals surface area contributed by atoms with Gasteiger partial charge in [0.15, 0.2) is 0 Å². The smallest absolute Gasteiger partial charge is 0.341 e. The fraction of sp³-hybridized carbons (Fsp3) is 0.647. The van der Waals surface area contributed by atoms with Crippen LogP contribution in [0.3, 0.4) is 0 Å². The van der Waals surface area contributed by atoms with Crippen molar-refractivity contribution in [3.05, 3.63) is 16.0 Å². The summed E-state index contributed by atoms with van der Waals surface area (Å²) in [6.07, 6.45) is 4.62. The van der Waals surface area contributed by atoms with Crippen molar-refractivity contribution in [2.45, 2.75) is 59.0 Å². The van der Waals surface area contributed by atoms with Crippen LogP contribution in [0.15, 0.2) is 0 Å². The van der Waals surface area contributed by atoms with Gasteiger partial charge >= 0.3 is 5.97 Å². The van der Waals surface area contributed by atoms with Gasteiger partial charge in [-0.1, -0.05) is 0 Å². The number of nitrogens with one attached hydrogen (secondary N) is 1. The molecule has 2 heterocycles. The predicted octanol–water partition coefficient (Wildman–Crippen LogP) is 3.83. The van der Waals surface area contributed by atoms with Crippen molar-refractivity contribution < 1.29 is 19.1 Å². The van der Waals surface area contributed by atoms with Crippen molar-refractivity contribution in [3.63, 3.8) is 0 Å². The van der Waals surface area contributed by atoms with Crippen LogP contribution in [-0.2, 0) is 14.3 Å². The highest BCUT2D eigenvalue weighted by Gasteiger charge is 2.22. The van der Waals surface area contributed by atoms with Crippen LogP contribution in [0.1, 0.15) is 59.8 Å². The SMILES string of the molecule is CCOC(=O)c1c(NC(=O)CCC2CCCCO2)sc(C)c1C. The number of ether oxygens (including phenoxy) is 2. The zero-order chi connectivity index (χ0) is 16.8. The third kappa shape index (κ3) is 4.78. The summed E-state index contributed by atoms with van der Waals surface area (Å²) in [6.45, 7) is 6.70. The summed E-state index contributed by atoms with van der Waals surface area (Å²) in [5.41, 5.74) is 1.36. The van der Waals surface area contributed by atoms with Crippen LogP contribution in [-0.4, -0.2) is 31.2 Å². The lowest BCUT2D eigenvalue weighted by Gasteiger charge is -2.22. The van der Waals surface area contributed by atoms with E-state index in [2.05, 4.69) is 5.32 Å². The van der Waals surface area contributed by atoms with Gasteiger partial charge in [-0.25, -0.2) is 4.79 Å². The summed E-state index contributed by atoms with van der Waals surface area (Å²) >= 11 is 1.42. The average molecular weight is 339 g/mol. The van der Waals surface area contributed by atoms with Crippen LogP contribution >= 0.6 is 11.3 Å². The first-order valence-electron chi connectivity index (χ1n) is 8.21. The molecule has 0 aromatic carbocycles. The van der Waals surface area contributed by atoms with Gasteiger partial charge in [0.25, 0.3) is 0 Å². The minimum Gasteiger partial charge on any atom is -0.462 e. The molecule has 1 aliphatic rings. The first kappa shape index (κ1) is 17.9. The van der Waals surface area contributed by atoms with Crippen LogP contribution in [0.5, 0.6) is 0 Å². The Labute approximate surface area is 141 Å².